The Hall–Kier alpha value is -2.62. The highest BCUT2D eigenvalue weighted by atomic mass is 16.2. The van der Waals surface area contributed by atoms with Gasteiger partial charge in [-0.05, 0) is 49.6 Å². The molecule has 2 amide bonds. The van der Waals surface area contributed by atoms with Crippen LogP contribution in [-0.4, -0.2) is 25.4 Å². The minimum atomic E-state index is 0.0527. The van der Waals surface area contributed by atoms with E-state index >= 15 is 0 Å². The van der Waals surface area contributed by atoms with Crippen molar-refractivity contribution in [2.75, 3.05) is 23.4 Å². The largest absolute Gasteiger partial charge is 0.315 e. The number of aryl methyl sites for hydroxylation is 2. The van der Waals surface area contributed by atoms with Crippen LogP contribution in [0, 0.1) is 13.8 Å². The fourth-order valence-corrected chi connectivity index (χ4v) is 3.32. The Morgan fingerprint density at radius 3 is 2.44 bits per heavy atom. The molecule has 0 radical (unpaired) electrons. The minimum absolute atomic E-state index is 0.0527. The van der Waals surface area contributed by atoms with Crippen LogP contribution in [0.4, 0.5) is 11.4 Å². The zero-order chi connectivity index (χ0) is 18.0. The first-order valence-electron chi connectivity index (χ1n) is 8.69. The molecule has 0 atom stereocenters. The molecule has 2 aromatic rings. The second-order valence-corrected chi connectivity index (χ2v) is 6.73. The van der Waals surface area contributed by atoms with Gasteiger partial charge in [0.05, 0.1) is 6.42 Å². The molecular formula is C21H24N2O2. The summed E-state index contributed by atoms with van der Waals surface area (Å²) < 4.78 is 0. The van der Waals surface area contributed by atoms with E-state index in [1.54, 1.807) is 4.90 Å². The third-order valence-corrected chi connectivity index (χ3v) is 4.76. The van der Waals surface area contributed by atoms with Crippen molar-refractivity contribution in [3.8, 4) is 0 Å². The Kier molecular flexibility index (Phi) is 4.88. The van der Waals surface area contributed by atoms with E-state index in [0.717, 1.165) is 35.5 Å². The highest BCUT2D eigenvalue weighted by Crippen LogP contribution is 2.23. The summed E-state index contributed by atoms with van der Waals surface area (Å²) in [7, 11) is 1.82. The van der Waals surface area contributed by atoms with Gasteiger partial charge < -0.3 is 9.80 Å². The van der Waals surface area contributed by atoms with Crippen LogP contribution in [0.1, 0.15) is 29.5 Å². The molecule has 130 valence electrons. The van der Waals surface area contributed by atoms with Crippen molar-refractivity contribution >= 4 is 23.2 Å². The van der Waals surface area contributed by atoms with E-state index in [9.17, 15) is 9.59 Å². The second-order valence-electron chi connectivity index (χ2n) is 6.73. The molecule has 4 nitrogen and oxygen atoms in total. The monoisotopic (exact) mass is 336 g/mol. The van der Waals surface area contributed by atoms with E-state index in [-0.39, 0.29) is 11.8 Å². The van der Waals surface area contributed by atoms with Crippen LogP contribution in [-0.2, 0) is 16.0 Å². The molecule has 25 heavy (non-hydrogen) atoms. The molecule has 2 aromatic carbocycles. The van der Waals surface area contributed by atoms with E-state index in [2.05, 4.69) is 6.07 Å². The van der Waals surface area contributed by atoms with Gasteiger partial charge in [0, 0.05) is 31.4 Å². The van der Waals surface area contributed by atoms with Crippen molar-refractivity contribution in [3.63, 3.8) is 0 Å². The summed E-state index contributed by atoms with van der Waals surface area (Å²) >= 11 is 0. The zero-order valence-electron chi connectivity index (χ0n) is 15.1. The van der Waals surface area contributed by atoms with Crippen LogP contribution in [0.5, 0.6) is 0 Å². The molecule has 3 rings (SSSR count). The van der Waals surface area contributed by atoms with Gasteiger partial charge in [-0.25, -0.2) is 0 Å². The second kappa shape index (κ2) is 7.09. The number of benzene rings is 2. The van der Waals surface area contributed by atoms with Crippen molar-refractivity contribution in [2.45, 2.75) is 33.1 Å². The first kappa shape index (κ1) is 17.2. The van der Waals surface area contributed by atoms with Crippen LogP contribution >= 0.6 is 0 Å². The lowest BCUT2D eigenvalue weighted by molar-refractivity contribution is -0.118. The first-order valence-corrected chi connectivity index (χ1v) is 8.69. The third kappa shape index (κ3) is 3.73. The molecule has 0 aliphatic carbocycles. The van der Waals surface area contributed by atoms with Crippen LogP contribution in [0.3, 0.4) is 0 Å². The smallest absolute Gasteiger partial charge is 0.231 e. The summed E-state index contributed by atoms with van der Waals surface area (Å²) in [5.74, 6) is 0.232. The summed E-state index contributed by atoms with van der Waals surface area (Å²) in [6, 6.07) is 13.8. The number of carbonyl (C=O) groups is 2. The van der Waals surface area contributed by atoms with Crippen LogP contribution in [0.2, 0.25) is 0 Å². The Bertz CT molecular complexity index is 796. The molecule has 0 spiro atoms. The predicted molar refractivity (Wildman–Crippen MR) is 101 cm³/mol. The van der Waals surface area contributed by atoms with Crippen LogP contribution in [0.25, 0.3) is 0 Å². The Balaban J connectivity index is 1.69. The van der Waals surface area contributed by atoms with Crippen LogP contribution < -0.4 is 9.80 Å². The molecule has 0 unspecified atom stereocenters. The van der Waals surface area contributed by atoms with Gasteiger partial charge >= 0.3 is 0 Å². The number of amides is 2. The van der Waals surface area contributed by atoms with Gasteiger partial charge in [0.25, 0.3) is 0 Å². The quantitative estimate of drug-likeness (QED) is 0.855. The maximum Gasteiger partial charge on any atom is 0.231 e. The van der Waals surface area contributed by atoms with Gasteiger partial charge in [-0.2, -0.15) is 0 Å². The molecule has 1 saturated heterocycles. The average Bonchev–Trinajstić information content (AvgIpc) is 3.01. The number of hydrogen-bond donors (Lipinski definition) is 0. The molecule has 0 bridgehead atoms. The van der Waals surface area contributed by atoms with Gasteiger partial charge in [-0.3, -0.25) is 9.59 Å². The summed E-state index contributed by atoms with van der Waals surface area (Å²) in [5, 5.41) is 0. The van der Waals surface area contributed by atoms with E-state index < -0.39 is 0 Å². The highest BCUT2D eigenvalue weighted by molar-refractivity contribution is 5.96. The Labute approximate surface area is 149 Å². The predicted octanol–water partition coefficient (Wildman–Crippen LogP) is 3.64. The molecule has 0 aromatic heterocycles. The summed E-state index contributed by atoms with van der Waals surface area (Å²) in [6.45, 7) is 4.85. The molecule has 1 aliphatic rings. The van der Waals surface area contributed by atoms with Gasteiger partial charge in [0.1, 0.15) is 0 Å². The molecule has 1 heterocycles. The average molecular weight is 336 g/mol. The maximum atomic E-state index is 12.6. The molecule has 4 heteroatoms. The molecule has 0 N–H and O–H groups in total. The van der Waals surface area contributed by atoms with Gasteiger partial charge in [-0.1, -0.05) is 29.8 Å². The van der Waals surface area contributed by atoms with E-state index in [4.69, 9.17) is 0 Å². The van der Waals surface area contributed by atoms with E-state index in [1.807, 2.05) is 62.2 Å². The van der Waals surface area contributed by atoms with Crippen molar-refractivity contribution in [2.24, 2.45) is 0 Å². The SMILES string of the molecule is Cc1ccc(N(C)C(=O)Cc2ccc(N3CCCC3=O)cc2)c(C)c1. The fourth-order valence-electron chi connectivity index (χ4n) is 3.32. The van der Waals surface area contributed by atoms with Gasteiger partial charge in [0.15, 0.2) is 0 Å². The number of hydrogen-bond acceptors (Lipinski definition) is 2. The Morgan fingerprint density at radius 1 is 1.12 bits per heavy atom. The topological polar surface area (TPSA) is 40.6 Å². The van der Waals surface area contributed by atoms with Crippen LogP contribution in [0.15, 0.2) is 42.5 Å². The number of nitrogens with zero attached hydrogens (tertiary/aromatic N) is 2. The normalized spacial score (nSPS) is 14.0. The fraction of sp³-hybridized carbons (Fsp3) is 0.333. The summed E-state index contributed by atoms with van der Waals surface area (Å²) in [5.41, 5.74) is 5.10. The zero-order valence-corrected chi connectivity index (χ0v) is 15.1. The van der Waals surface area contributed by atoms with Crippen molar-refractivity contribution in [1.82, 2.24) is 0 Å². The maximum absolute atomic E-state index is 12.6. The number of rotatable bonds is 4. The van der Waals surface area contributed by atoms with Gasteiger partial charge in [0.2, 0.25) is 11.8 Å². The van der Waals surface area contributed by atoms with Crippen molar-refractivity contribution < 1.29 is 9.59 Å². The standard InChI is InChI=1S/C21H24N2O2/c1-15-6-11-19(16(2)13-15)22(3)21(25)14-17-7-9-18(10-8-17)23-12-4-5-20(23)24/h6-11,13H,4-5,12,14H2,1-3H3. The third-order valence-electron chi connectivity index (χ3n) is 4.76. The molecular weight excluding hydrogens is 312 g/mol. The minimum Gasteiger partial charge on any atom is -0.315 e. The lowest BCUT2D eigenvalue weighted by atomic mass is 10.1. The first-order chi connectivity index (χ1) is 12.0. The van der Waals surface area contributed by atoms with Gasteiger partial charge in [-0.15, -0.1) is 0 Å². The summed E-state index contributed by atoms with van der Waals surface area (Å²) in [4.78, 5) is 27.9. The number of likely N-dealkylation sites (N-methyl/N-ethyl adjacent to an activating group) is 1. The molecule has 1 aliphatic heterocycles. The van der Waals surface area contributed by atoms with E-state index in [0.29, 0.717) is 12.8 Å². The summed E-state index contributed by atoms with van der Waals surface area (Å²) in [6.07, 6.45) is 1.89. The molecule has 1 fully saturated rings. The van der Waals surface area contributed by atoms with E-state index in [1.165, 1.54) is 5.56 Å². The number of anilines is 2. The lowest BCUT2D eigenvalue weighted by Gasteiger charge is -2.20. The highest BCUT2D eigenvalue weighted by Gasteiger charge is 2.21. The van der Waals surface area contributed by atoms with Crippen molar-refractivity contribution in [1.29, 1.82) is 0 Å². The van der Waals surface area contributed by atoms with Crippen molar-refractivity contribution in [3.05, 3.63) is 59.2 Å². The lowest BCUT2D eigenvalue weighted by Crippen LogP contribution is -2.28. The Morgan fingerprint density at radius 2 is 1.84 bits per heavy atom. The number of carbonyl (C=O) groups excluding carboxylic acids is 2. The molecule has 0 saturated carbocycles.